The third kappa shape index (κ3) is 5.18. The second-order valence-electron chi connectivity index (χ2n) is 3.31. The molecule has 0 aromatic rings. The van der Waals surface area contributed by atoms with Gasteiger partial charge in [0.1, 0.15) is 0 Å². The quantitative estimate of drug-likeness (QED) is 0.736. The molecule has 0 N–H and O–H groups in total. The molecule has 68 valence electrons. The van der Waals surface area contributed by atoms with Crippen molar-refractivity contribution in [3.05, 3.63) is 0 Å². The molecule has 0 unspecified atom stereocenters. The first kappa shape index (κ1) is 11.9. The molecule has 0 saturated carbocycles. The molecule has 0 rings (SSSR count). The van der Waals surface area contributed by atoms with Gasteiger partial charge >= 0.3 is 75.2 Å². The van der Waals surface area contributed by atoms with Crippen molar-refractivity contribution in [1.82, 2.24) is 0 Å². The maximum atomic E-state index is 5.83. The van der Waals surface area contributed by atoms with E-state index < -0.39 is 27.8 Å². The monoisotopic (exact) mass is 286 g/mol. The maximum absolute atomic E-state index is 5.83. The van der Waals surface area contributed by atoms with Crippen LogP contribution in [0.5, 0.6) is 0 Å². The van der Waals surface area contributed by atoms with Crippen molar-refractivity contribution in [2.24, 2.45) is 0 Å². The summed E-state index contributed by atoms with van der Waals surface area (Å²) in [4.78, 5) is 4.17. The first-order valence-electron chi connectivity index (χ1n) is 3.63. The Morgan fingerprint density at radius 1 is 1.09 bits per heavy atom. The normalized spacial score (nSPS) is 13.6. The first-order valence-corrected chi connectivity index (χ1v) is 14.5. The summed E-state index contributed by atoms with van der Waals surface area (Å²) in [6.07, 6.45) is 0. The first-order chi connectivity index (χ1) is 4.83. The summed E-state index contributed by atoms with van der Waals surface area (Å²) in [5.41, 5.74) is 0. The third-order valence-electron chi connectivity index (χ3n) is 1.47. The van der Waals surface area contributed by atoms with Crippen LogP contribution < -0.4 is 0 Å². The van der Waals surface area contributed by atoms with E-state index in [0.717, 1.165) is 0 Å². The van der Waals surface area contributed by atoms with Gasteiger partial charge in [0.25, 0.3) is 0 Å². The number of hydrogen-bond donors (Lipinski definition) is 0. The van der Waals surface area contributed by atoms with Gasteiger partial charge in [-0.1, -0.05) is 0 Å². The van der Waals surface area contributed by atoms with Gasteiger partial charge in [-0.25, -0.2) is 0 Å². The molecular formula is C6H18O3SiSn. The predicted octanol–water partition coefficient (Wildman–Crippen LogP) is 1.70. The Balaban J connectivity index is 4.02. The summed E-state index contributed by atoms with van der Waals surface area (Å²) in [6.45, 7) is 4.06. The molecule has 5 heteroatoms. The van der Waals surface area contributed by atoms with E-state index in [-0.39, 0.29) is 0 Å². The molecule has 0 spiro atoms. The Labute approximate surface area is 75.2 Å². The Kier molecular flexibility index (Phi) is 4.57. The number of rotatable bonds is 4. The average molecular weight is 285 g/mol. The summed E-state index contributed by atoms with van der Waals surface area (Å²) < 4.78 is 16.4. The van der Waals surface area contributed by atoms with E-state index in [0.29, 0.717) is 0 Å². The van der Waals surface area contributed by atoms with Crippen LogP contribution in [-0.4, -0.2) is 42.0 Å². The molecule has 0 radical (unpaired) electrons. The molecule has 0 aliphatic carbocycles. The van der Waals surface area contributed by atoms with Crippen LogP contribution in [0.3, 0.4) is 0 Å². The van der Waals surface area contributed by atoms with Crippen molar-refractivity contribution in [2.75, 3.05) is 14.2 Å². The Morgan fingerprint density at radius 2 is 1.55 bits per heavy atom. The van der Waals surface area contributed by atoms with Gasteiger partial charge in [0.2, 0.25) is 0 Å². The van der Waals surface area contributed by atoms with Crippen LogP contribution in [-0.2, 0) is 10.3 Å². The SMILES string of the molecule is CO[Si](C)(C)[O][Sn]([CH3])([CH3])[O]C. The van der Waals surface area contributed by atoms with Crippen molar-refractivity contribution in [2.45, 2.75) is 23.0 Å². The molecule has 3 nitrogen and oxygen atoms in total. The standard InChI is InChI=1S/C3H9O2Si.CH3O.2CH3.Sn/c1-5-6(2,3)4;1-2;;;/h1-3H3;1H3;2*1H3;/q2*-1;;;+2. The Hall–Kier alpha value is 0.896. The van der Waals surface area contributed by atoms with Gasteiger partial charge in [-0.2, -0.15) is 0 Å². The topological polar surface area (TPSA) is 27.7 Å². The summed E-state index contributed by atoms with van der Waals surface area (Å²) >= 11 is -2.59. The van der Waals surface area contributed by atoms with E-state index in [1.165, 1.54) is 0 Å². The molecule has 11 heavy (non-hydrogen) atoms. The second-order valence-corrected chi connectivity index (χ2v) is 17.6. The second kappa shape index (κ2) is 4.22. The molecule has 0 bridgehead atoms. The van der Waals surface area contributed by atoms with Crippen molar-refractivity contribution in [1.29, 1.82) is 0 Å². The van der Waals surface area contributed by atoms with Gasteiger partial charge in [-0.15, -0.1) is 0 Å². The van der Waals surface area contributed by atoms with E-state index >= 15 is 0 Å². The van der Waals surface area contributed by atoms with Gasteiger partial charge in [-0.05, 0) is 0 Å². The fraction of sp³-hybridized carbons (Fsp3) is 1.00. The fourth-order valence-electron chi connectivity index (χ4n) is 0.675. The Bertz CT molecular complexity index is 113. The third-order valence-corrected chi connectivity index (χ3v) is 14.7. The van der Waals surface area contributed by atoms with E-state index in [9.17, 15) is 0 Å². The molecule has 0 aromatic heterocycles. The number of hydrogen-bond acceptors (Lipinski definition) is 3. The summed E-state index contributed by atoms with van der Waals surface area (Å²) in [5.74, 6) is 0. The van der Waals surface area contributed by atoms with Crippen LogP contribution in [0.25, 0.3) is 0 Å². The van der Waals surface area contributed by atoms with Crippen LogP contribution >= 0.6 is 0 Å². The van der Waals surface area contributed by atoms with Gasteiger partial charge in [-0.3, -0.25) is 0 Å². The zero-order valence-electron chi connectivity index (χ0n) is 8.22. The van der Waals surface area contributed by atoms with Gasteiger partial charge in [0.05, 0.1) is 0 Å². The fourth-order valence-corrected chi connectivity index (χ4v) is 13.6. The van der Waals surface area contributed by atoms with E-state index in [1.54, 1.807) is 14.2 Å². The molecule has 0 aliphatic heterocycles. The van der Waals surface area contributed by atoms with Crippen molar-refractivity contribution >= 4 is 27.8 Å². The van der Waals surface area contributed by atoms with Crippen LogP contribution in [0.2, 0.25) is 23.0 Å². The van der Waals surface area contributed by atoms with Gasteiger partial charge in [0.15, 0.2) is 0 Å². The predicted molar refractivity (Wildman–Crippen MR) is 50.1 cm³/mol. The van der Waals surface area contributed by atoms with Crippen molar-refractivity contribution in [3.63, 3.8) is 0 Å². The van der Waals surface area contributed by atoms with Crippen LogP contribution in [0.4, 0.5) is 0 Å². The van der Waals surface area contributed by atoms with E-state index in [2.05, 4.69) is 9.88 Å². The molecule has 0 aliphatic rings. The average Bonchev–Trinajstić information content (AvgIpc) is 1.86. The molecule has 0 heterocycles. The van der Waals surface area contributed by atoms with Crippen molar-refractivity contribution in [3.8, 4) is 0 Å². The molecule has 0 aromatic carbocycles. The Morgan fingerprint density at radius 3 is 1.82 bits per heavy atom. The zero-order valence-corrected chi connectivity index (χ0v) is 12.1. The summed E-state index contributed by atoms with van der Waals surface area (Å²) in [6, 6.07) is 0. The molecule has 0 amide bonds. The summed E-state index contributed by atoms with van der Waals surface area (Å²) in [7, 11) is 1.55. The zero-order chi connectivity index (χ0) is 9.12. The van der Waals surface area contributed by atoms with Crippen LogP contribution in [0, 0.1) is 0 Å². The minimum atomic E-state index is -2.59. The van der Waals surface area contributed by atoms with Crippen LogP contribution in [0.15, 0.2) is 0 Å². The molecule has 0 fully saturated rings. The minimum absolute atomic E-state index is 1.70. The van der Waals surface area contributed by atoms with E-state index in [4.69, 9.17) is 10.3 Å². The molecule has 0 atom stereocenters. The van der Waals surface area contributed by atoms with E-state index in [1.807, 2.05) is 13.1 Å². The van der Waals surface area contributed by atoms with Gasteiger partial charge < -0.3 is 0 Å². The summed E-state index contributed by atoms with van der Waals surface area (Å²) in [5, 5.41) is 0. The molecule has 0 saturated heterocycles. The van der Waals surface area contributed by atoms with Gasteiger partial charge in [0, 0.05) is 0 Å². The van der Waals surface area contributed by atoms with Crippen molar-refractivity contribution < 1.29 is 10.3 Å². The molecular weight excluding hydrogens is 267 g/mol. The van der Waals surface area contributed by atoms with Crippen LogP contribution in [0.1, 0.15) is 0 Å².